The van der Waals surface area contributed by atoms with Crippen molar-refractivity contribution in [2.75, 3.05) is 13.7 Å². The van der Waals surface area contributed by atoms with Crippen LogP contribution in [0.4, 0.5) is 0 Å². The van der Waals surface area contributed by atoms with E-state index in [2.05, 4.69) is 29.5 Å². The lowest BCUT2D eigenvalue weighted by molar-refractivity contribution is 0.318. The van der Waals surface area contributed by atoms with E-state index in [1.54, 1.807) is 0 Å². The van der Waals surface area contributed by atoms with Crippen LogP contribution in [0.15, 0.2) is 30.6 Å². The van der Waals surface area contributed by atoms with Crippen LogP contribution in [0.3, 0.4) is 0 Å². The van der Waals surface area contributed by atoms with E-state index in [0.717, 1.165) is 18.7 Å². The van der Waals surface area contributed by atoms with E-state index in [1.165, 1.54) is 16.7 Å². The summed E-state index contributed by atoms with van der Waals surface area (Å²) in [5, 5.41) is 7.32. The number of rotatable bonds is 6. The number of benzene rings is 1. The number of ether oxygens (including phenoxy) is 1. The van der Waals surface area contributed by atoms with Gasteiger partial charge in [0.2, 0.25) is 0 Å². The predicted octanol–water partition coefficient (Wildman–Crippen LogP) is 2.07. The molecule has 19 heavy (non-hydrogen) atoms. The van der Waals surface area contributed by atoms with Crippen LogP contribution in [0.2, 0.25) is 0 Å². The first-order chi connectivity index (χ1) is 9.19. The summed E-state index contributed by atoms with van der Waals surface area (Å²) < 4.78 is 7.69. The highest BCUT2D eigenvalue weighted by Crippen LogP contribution is 2.20. The van der Waals surface area contributed by atoms with Gasteiger partial charge in [0.25, 0.3) is 0 Å². The number of aromatic nitrogens is 2. The number of hydrogen-bond acceptors (Lipinski definition) is 3. The fourth-order valence-electron chi connectivity index (χ4n) is 2.06. The van der Waals surface area contributed by atoms with Gasteiger partial charge in [-0.15, -0.1) is 0 Å². The van der Waals surface area contributed by atoms with Crippen molar-refractivity contribution >= 4 is 0 Å². The van der Waals surface area contributed by atoms with E-state index in [9.17, 15) is 0 Å². The minimum atomic E-state index is 0.672. The molecule has 1 heterocycles. The lowest BCUT2D eigenvalue weighted by Crippen LogP contribution is -2.09. The van der Waals surface area contributed by atoms with Crippen LogP contribution in [-0.2, 0) is 20.0 Å². The monoisotopic (exact) mass is 259 g/mol. The first kappa shape index (κ1) is 13.6. The number of hydrogen-bond donors (Lipinski definition) is 1. The molecular weight excluding hydrogens is 238 g/mol. The van der Waals surface area contributed by atoms with Gasteiger partial charge in [0.15, 0.2) is 0 Å². The highest BCUT2D eigenvalue weighted by atomic mass is 16.5. The molecule has 2 rings (SSSR count). The Morgan fingerprint density at radius 2 is 2.21 bits per heavy atom. The first-order valence-electron chi connectivity index (χ1n) is 6.53. The maximum absolute atomic E-state index is 5.88. The molecule has 0 radical (unpaired) electrons. The molecular formula is C15H21N3O. The van der Waals surface area contributed by atoms with E-state index in [-0.39, 0.29) is 0 Å². The molecule has 0 aliphatic rings. The van der Waals surface area contributed by atoms with Crippen LogP contribution in [-0.4, -0.2) is 23.4 Å². The Balaban J connectivity index is 1.95. The smallest absolute Gasteiger partial charge is 0.123 e. The number of nitrogens with one attached hydrogen (secondary N) is 1. The summed E-state index contributed by atoms with van der Waals surface area (Å²) in [7, 11) is 3.87. The van der Waals surface area contributed by atoms with Crippen molar-refractivity contribution in [1.82, 2.24) is 15.1 Å². The molecule has 0 atom stereocenters. The Labute approximate surface area is 114 Å². The van der Waals surface area contributed by atoms with E-state index in [1.807, 2.05) is 37.2 Å². The zero-order valence-corrected chi connectivity index (χ0v) is 11.8. The summed E-state index contributed by atoms with van der Waals surface area (Å²) in [5.41, 5.74) is 3.66. The molecule has 0 amide bonds. The van der Waals surface area contributed by atoms with Gasteiger partial charge in [-0.3, -0.25) is 4.68 Å². The maximum Gasteiger partial charge on any atom is 0.123 e. The topological polar surface area (TPSA) is 39.1 Å². The Morgan fingerprint density at radius 1 is 1.37 bits per heavy atom. The minimum absolute atomic E-state index is 0.672. The van der Waals surface area contributed by atoms with Crippen molar-refractivity contribution < 1.29 is 4.74 Å². The summed E-state index contributed by atoms with van der Waals surface area (Å²) in [6.45, 7) is 3.59. The van der Waals surface area contributed by atoms with Crippen LogP contribution in [0, 0.1) is 6.92 Å². The van der Waals surface area contributed by atoms with Crippen LogP contribution < -0.4 is 10.1 Å². The molecule has 4 heteroatoms. The number of nitrogens with zero attached hydrogens (tertiary/aromatic N) is 2. The summed E-state index contributed by atoms with van der Waals surface area (Å²) in [6, 6.07) is 6.29. The SMILES string of the molecule is CNCc1cc(C)ccc1OCCc1cnn(C)c1. The van der Waals surface area contributed by atoms with Gasteiger partial charge >= 0.3 is 0 Å². The second-order valence-electron chi connectivity index (χ2n) is 4.76. The van der Waals surface area contributed by atoms with E-state index < -0.39 is 0 Å². The van der Waals surface area contributed by atoms with Gasteiger partial charge in [-0.1, -0.05) is 17.7 Å². The maximum atomic E-state index is 5.88. The van der Waals surface area contributed by atoms with Crippen molar-refractivity contribution in [3.8, 4) is 5.75 Å². The average molecular weight is 259 g/mol. The average Bonchev–Trinajstić information content (AvgIpc) is 2.78. The molecule has 102 valence electrons. The van der Waals surface area contributed by atoms with Crippen molar-refractivity contribution in [3.05, 3.63) is 47.3 Å². The molecule has 1 N–H and O–H groups in total. The molecule has 0 fully saturated rings. The van der Waals surface area contributed by atoms with Crippen molar-refractivity contribution in [2.24, 2.45) is 7.05 Å². The molecule has 0 aliphatic carbocycles. The highest BCUT2D eigenvalue weighted by Gasteiger charge is 2.04. The lowest BCUT2D eigenvalue weighted by atomic mass is 10.1. The summed E-state index contributed by atoms with van der Waals surface area (Å²) in [5.74, 6) is 0.962. The fraction of sp³-hybridized carbons (Fsp3) is 0.400. The molecule has 0 bridgehead atoms. The normalized spacial score (nSPS) is 10.7. The Hall–Kier alpha value is -1.81. The Morgan fingerprint density at radius 3 is 2.89 bits per heavy atom. The van der Waals surface area contributed by atoms with Gasteiger partial charge in [-0.2, -0.15) is 5.10 Å². The zero-order chi connectivity index (χ0) is 13.7. The Bertz CT molecular complexity index is 534. The molecule has 1 aromatic heterocycles. The van der Waals surface area contributed by atoms with E-state index in [4.69, 9.17) is 4.74 Å². The van der Waals surface area contributed by atoms with Crippen molar-refractivity contribution in [1.29, 1.82) is 0 Å². The second-order valence-corrected chi connectivity index (χ2v) is 4.76. The third kappa shape index (κ3) is 3.83. The van der Waals surface area contributed by atoms with Gasteiger partial charge in [-0.05, 0) is 25.6 Å². The molecule has 0 aliphatic heterocycles. The summed E-state index contributed by atoms with van der Waals surface area (Å²) in [4.78, 5) is 0. The van der Waals surface area contributed by atoms with Gasteiger partial charge in [0.1, 0.15) is 5.75 Å². The zero-order valence-electron chi connectivity index (χ0n) is 11.8. The van der Waals surface area contributed by atoms with Crippen LogP contribution in [0.25, 0.3) is 0 Å². The highest BCUT2D eigenvalue weighted by molar-refractivity contribution is 5.36. The van der Waals surface area contributed by atoms with Gasteiger partial charge in [-0.25, -0.2) is 0 Å². The number of aryl methyl sites for hydroxylation is 2. The van der Waals surface area contributed by atoms with Gasteiger partial charge < -0.3 is 10.1 Å². The van der Waals surface area contributed by atoms with Crippen molar-refractivity contribution in [2.45, 2.75) is 19.9 Å². The second kappa shape index (κ2) is 6.38. The van der Waals surface area contributed by atoms with Crippen LogP contribution in [0.5, 0.6) is 5.75 Å². The molecule has 0 saturated heterocycles. The third-order valence-corrected chi connectivity index (χ3v) is 2.99. The lowest BCUT2D eigenvalue weighted by Gasteiger charge is -2.11. The molecule has 0 unspecified atom stereocenters. The van der Waals surface area contributed by atoms with Crippen LogP contribution >= 0.6 is 0 Å². The quantitative estimate of drug-likeness (QED) is 0.863. The molecule has 0 saturated carbocycles. The van der Waals surface area contributed by atoms with E-state index >= 15 is 0 Å². The van der Waals surface area contributed by atoms with E-state index in [0.29, 0.717) is 6.61 Å². The van der Waals surface area contributed by atoms with Gasteiger partial charge in [0, 0.05) is 31.8 Å². The molecule has 2 aromatic rings. The van der Waals surface area contributed by atoms with Gasteiger partial charge in [0.05, 0.1) is 12.8 Å². The minimum Gasteiger partial charge on any atom is -0.493 e. The molecule has 4 nitrogen and oxygen atoms in total. The third-order valence-electron chi connectivity index (χ3n) is 2.99. The largest absolute Gasteiger partial charge is 0.493 e. The van der Waals surface area contributed by atoms with Crippen molar-refractivity contribution in [3.63, 3.8) is 0 Å². The first-order valence-corrected chi connectivity index (χ1v) is 6.53. The van der Waals surface area contributed by atoms with Crippen LogP contribution in [0.1, 0.15) is 16.7 Å². The molecule has 1 aromatic carbocycles. The summed E-state index contributed by atoms with van der Waals surface area (Å²) in [6.07, 6.45) is 4.78. The predicted molar refractivity (Wildman–Crippen MR) is 76.3 cm³/mol. The summed E-state index contributed by atoms with van der Waals surface area (Å²) >= 11 is 0. The Kier molecular flexibility index (Phi) is 4.58. The standard InChI is InChI=1S/C15H21N3O/c1-12-4-5-15(14(8-12)10-16-2)19-7-6-13-9-17-18(3)11-13/h4-5,8-9,11,16H,6-7,10H2,1-3H3. The fourth-order valence-corrected chi connectivity index (χ4v) is 2.06. The molecule has 0 spiro atoms.